The molecule has 0 unspecified atom stereocenters. The number of aliphatic imine (C=N–C) groups is 2. The Morgan fingerprint density at radius 1 is 0.662 bits per heavy atom. The number of carboxylic acid groups (broad SMARTS) is 1. The van der Waals surface area contributed by atoms with E-state index in [4.69, 9.17) is 28.7 Å². The number of hydrogen-bond donors (Lipinski definition) is 13. The lowest BCUT2D eigenvalue weighted by Crippen LogP contribution is -2.60. The van der Waals surface area contributed by atoms with E-state index in [0.717, 1.165) is 6.42 Å². The Morgan fingerprint density at radius 2 is 1.14 bits per heavy atom. The third-order valence-electron chi connectivity index (χ3n) is 10.6. The second-order valence-electron chi connectivity index (χ2n) is 17.0. The average molecular weight is 915 g/mol. The smallest absolute Gasteiger partial charge is 0.326 e. The number of carboxylic acids is 1. The van der Waals surface area contributed by atoms with Crippen molar-refractivity contribution in [1.82, 2.24) is 37.2 Å². The van der Waals surface area contributed by atoms with Gasteiger partial charge in [-0.05, 0) is 94.7 Å². The zero-order chi connectivity index (χ0) is 48.5. The summed E-state index contributed by atoms with van der Waals surface area (Å²) in [5.41, 5.74) is 28.5. The largest absolute Gasteiger partial charge is 0.480 e. The Bertz CT molecular complexity index is 1750. The van der Waals surface area contributed by atoms with E-state index in [1.54, 1.807) is 44.2 Å². The van der Waals surface area contributed by atoms with Crippen LogP contribution in [-0.4, -0.2) is 127 Å². The van der Waals surface area contributed by atoms with Gasteiger partial charge in [-0.3, -0.25) is 38.8 Å². The van der Waals surface area contributed by atoms with Gasteiger partial charge in [-0.2, -0.15) is 0 Å². The maximum atomic E-state index is 14.2. The minimum absolute atomic E-state index is 0.00437. The monoisotopic (exact) mass is 915 g/mol. The minimum atomic E-state index is -1.30. The van der Waals surface area contributed by atoms with Crippen LogP contribution < -0.4 is 65.9 Å². The SMILES string of the molecule is CC(C)C[C@H](NC(=O)[C@H](CCCN=C(N)N)NC(=O)[C@H](CCCN=C(N)N)NC(=O)[C@H](CCCCN)NC(=O)[C@@H](NC(=O)[C@@H]1CCCN1)C(C)C)C(=O)N[C@@H](Cc1ccccc1)C(=O)O. The molecule has 2 rings (SSSR count). The van der Waals surface area contributed by atoms with Crippen LogP contribution in [0.1, 0.15) is 97.5 Å². The van der Waals surface area contributed by atoms with Crippen molar-refractivity contribution in [2.75, 3.05) is 26.2 Å². The molecule has 0 saturated carbocycles. The molecule has 1 aromatic rings. The number of nitrogens with one attached hydrogen (secondary N) is 7. The van der Waals surface area contributed by atoms with Gasteiger partial charge in [0.05, 0.1) is 6.04 Å². The summed E-state index contributed by atoms with van der Waals surface area (Å²) in [6.07, 6.45) is 3.12. The van der Waals surface area contributed by atoms with E-state index in [2.05, 4.69) is 47.2 Å². The van der Waals surface area contributed by atoms with Gasteiger partial charge in [-0.1, -0.05) is 58.0 Å². The number of hydrogen-bond acceptors (Lipinski definition) is 11. The van der Waals surface area contributed by atoms with Gasteiger partial charge < -0.3 is 71.0 Å². The number of nitrogens with zero attached hydrogens (tertiary/aromatic N) is 2. The predicted molar refractivity (Wildman–Crippen MR) is 247 cm³/mol. The molecule has 1 aliphatic heterocycles. The Morgan fingerprint density at radius 3 is 1.58 bits per heavy atom. The topological polar surface area (TPSA) is 379 Å². The van der Waals surface area contributed by atoms with Crippen LogP contribution in [0.5, 0.6) is 0 Å². The lowest BCUT2D eigenvalue weighted by atomic mass is 10.00. The van der Waals surface area contributed by atoms with Gasteiger partial charge in [0, 0.05) is 19.5 Å². The van der Waals surface area contributed by atoms with Gasteiger partial charge in [-0.15, -0.1) is 0 Å². The lowest BCUT2D eigenvalue weighted by molar-refractivity contribution is -0.142. The molecule has 7 atom stereocenters. The van der Waals surface area contributed by atoms with Gasteiger partial charge in [0.25, 0.3) is 0 Å². The molecule has 0 radical (unpaired) electrons. The molecule has 0 spiro atoms. The first-order chi connectivity index (χ1) is 30.8. The molecule has 1 fully saturated rings. The first-order valence-corrected chi connectivity index (χ1v) is 22.5. The third kappa shape index (κ3) is 21.5. The number of rotatable bonds is 30. The summed E-state index contributed by atoms with van der Waals surface area (Å²) in [6, 6.07) is 1.14. The maximum Gasteiger partial charge on any atom is 0.326 e. The number of benzene rings is 1. The number of carbonyl (C=O) groups is 7. The number of nitrogens with two attached hydrogens (primary N) is 5. The Labute approximate surface area is 381 Å². The van der Waals surface area contributed by atoms with Gasteiger partial charge in [0.1, 0.15) is 36.3 Å². The number of amides is 6. The fourth-order valence-corrected chi connectivity index (χ4v) is 7.11. The molecule has 1 aromatic carbocycles. The molecule has 364 valence electrons. The van der Waals surface area contributed by atoms with E-state index in [1.165, 1.54) is 0 Å². The zero-order valence-corrected chi connectivity index (χ0v) is 38.3. The van der Waals surface area contributed by atoms with Crippen LogP contribution in [0.2, 0.25) is 0 Å². The Kier molecular flexibility index (Phi) is 24.9. The van der Waals surface area contributed by atoms with Crippen molar-refractivity contribution in [3.05, 3.63) is 35.9 Å². The highest BCUT2D eigenvalue weighted by molar-refractivity contribution is 5.97. The number of unbranched alkanes of at least 4 members (excludes halogenated alkanes) is 1. The fourth-order valence-electron chi connectivity index (χ4n) is 7.11. The quantitative estimate of drug-likeness (QED) is 0.0224. The fraction of sp³-hybridized carbons (Fsp3) is 0.651. The summed E-state index contributed by atoms with van der Waals surface area (Å²) >= 11 is 0. The van der Waals surface area contributed by atoms with E-state index in [9.17, 15) is 38.7 Å². The van der Waals surface area contributed by atoms with Crippen molar-refractivity contribution in [2.24, 2.45) is 50.5 Å². The van der Waals surface area contributed by atoms with E-state index in [0.29, 0.717) is 37.9 Å². The van der Waals surface area contributed by atoms with E-state index in [-0.39, 0.29) is 87.7 Å². The first-order valence-electron chi connectivity index (χ1n) is 22.5. The van der Waals surface area contributed by atoms with Crippen molar-refractivity contribution in [2.45, 2.75) is 141 Å². The van der Waals surface area contributed by atoms with Crippen LogP contribution in [0.4, 0.5) is 0 Å². The van der Waals surface area contributed by atoms with Crippen molar-refractivity contribution < 1.29 is 38.7 Å². The van der Waals surface area contributed by atoms with Gasteiger partial charge in [0.2, 0.25) is 35.4 Å². The number of carbonyl (C=O) groups excluding carboxylic acids is 6. The summed E-state index contributed by atoms with van der Waals surface area (Å²) in [5, 5.41) is 29.4. The standard InChI is InChI=1S/C43H74N14O8/c1-25(2)23-32(39(62)56-33(41(64)65)24-27-13-6-5-7-14-27)55-38(61)31(18-12-22-51-43(47)48)53-37(60)30(17-11-21-50-42(45)46)52-36(59)29(15-8-9-19-44)54-40(63)34(26(3)4)57-35(58)28-16-10-20-49-28/h5-7,13-14,25-26,28-34,49H,8-12,15-24,44H2,1-4H3,(H,52,59)(H,53,60)(H,54,63)(H,55,61)(H,56,62)(H,57,58)(H,64,65)(H4,45,46,50)(H4,47,48,51)/t28-,29-,30-,31-,32-,33-,34-/m0/s1. The molecule has 0 bridgehead atoms. The van der Waals surface area contributed by atoms with Crippen LogP contribution in [0.3, 0.4) is 0 Å². The minimum Gasteiger partial charge on any atom is -0.480 e. The molecule has 22 nitrogen and oxygen atoms in total. The molecule has 18 N–H and O–H groups in total. The van der Waals surface area contributed by atoms with Crippen LogP contribution in [0.15, 0.2) is 40.3 Å². The second kappa shape index (κ2) is 29.4. The molecule has 65 heavy (non-hydrogen) atoms. The zero-order valence-electron chi connectivity index (χ0n) is 38.3. The Balaban J connectivity index is 2.41. The van der Waals surface area contributed by atoms with E-state index in [1.807, 2.05) is 13.8 Å². The van der Waals surface area contributed by atoms with E-state index < -0.39 is 77.8 Å². The molecule has 1 aliphatic rings. The summed E-state index contributed by atoms with van der Waals surface area (Å²) in [5.74, 6) is -5.96. The van der Waals surface area contributed by atoms with Crippen molar-refractivity contribution in [3.63, 3.8) is 0 Å². The van der Waals surface area contributed by atoms with E-state index >= 15 is 0 Å². The molecular weight excluding hydrogens is 841 g/mol. The average Bonchev–Trinajstić information content (AvgIpc) is 3.79. The van der Waals surface area contributed by atoms with Gasteiger partial charge >= 0.3 is 5.97 Å². The predicted octanol–water partition coefficient (Wildman–Crippen LogP) is -2.09. The second-order valence-corrected chi connectivity index (χ2v) is 17.0. The molecule has 1 saturated heterocycles. The molecule has 6 amide bonds. The van der Waals surface area contributed by atoms with Crippen LogP contribution in [0, 0.1) is 11.8 Å². The highest BCUT2D eigenvalue weighted by Crippen LogP contribution is 2.13. The maximum absolute atomic E-state index is 14.2. The molecule has 0 aromatic heterocycles. The normalized spacial score (nSPS) is 16.1. The summed E-state index contributed by atoms with van der Waals surface area (Å²) in [4.78, 5) is 103. The molecule has 22 heteroatoms. The van der Waals surface area contributed by atoms with Crippen molar-refractivity contribution >= 4 is 53.3 Å². The number of guanidine groups is 2. The van der Waals surface area contributed by atoms with Gasteiger partial charge in [-0.25, -0.2) is 4.79 Å². The van der Waals surface area contributed by atoms with Crippen molar-refractivity contribution in [3.8, 4) is 0 Å². The summed E-state index contributed by atoms with van der Waals surface area (Å²) < 4.78 is 0. The summed E-state index contributed by atoms with van der Waals surface area (Å²) in [6.45, 7) is 8.40. The van der Waals surface area contributed by atoms with Crippen molar-refractivity contribution in [1.29, 1.82) is 0 Å². The Hall–Kier alpha value is -6.03. The summed E-state index contributed by atoms with van der Waals surface area (Å²) in [7, 11) is 0. The molecule has 0 aliphatic carbocycles. The molecular formula is C43H74N14O8. The van der Waals surface area contributed by atoms with Gasteiger partial charge in [0.15, 0.2) is 11.9 Å². The number of aliphatic carboxylic acids is 1. The third-order valence-corrected chi connectivity index (χ3v) is 10.6. The first kappa shape index (κ1) is 55.1. The molecule has 1 heterocycles. The van der Waals surface area contributed by atoms with Crippen LogP contribution >= 0.6 is 0 Å². The lowest BCUT2D eigenvalue weighted by Gasteiger charge is -2.28. The highest BCUT2D eigenvalue weighted by atomic mass is 16.4. The van der Waals surface area contributed by atoms with Crippen LogP contribution in [0.25, 0.3) is 0 Å². The highest BCUT2D eigenvalue weighted by Gasteiger charge is 2.35. The van der Waals surface area contributed by atoms with Crippen LogP contribution in [-0.2, 0) is 40.0 Å².